The predicted molar refractivity (Wildman–Crippen MR) is 117 cm³/mol. The Hall–Kier alpha value is -3.82. The summed E-state index contributed by atoms with van der Waals surface area (Å²) in [5.41, 5.74) is 4.83. The second kappa shape index (κ2) is 8.50. The molecule has 31 heavy (non-hydrogen) atoms. The molecule has 1 unspecified atom stereocenters. The Morgan fingerprint density at radius 3 is 2.77 bits per heavy atom. The second-order valence-corrected chi connectivity index (χ2v) is 7.14. The maximum absolute atomic E-state index is 12.2. The third kappa shape index (κ3) is 4.23. The topological polar surface area (TPSA) is 105 Å². The Labute approximate surface area is 178 Å². The molecule has 1 atom stereocenters. The molecule has 2 amide bonds. The largest absolute Gasteiger partial charge is 0.371 e. The molecule has 0 aliphatic carbocycles. The lowest BCUT2D eigenvalue weighted by molar-refractivity contribution is 0.0282. The Morgan fingerprint density at radius 2 is 2.00 bits per heavy atom. The Bertz CT molecular complexity index is 1190. The van der Waals surface area contributed by atoms with Gasteiger partial charge in [0.25, 0.3) is 0 Å². The van der Waals surface area contributed by atoms with Crippen LogP contribution in [0.4, 0.5) is 16.2 Å². The second-order valence-electron chi connectivity index (χ2n) is 7.14. The average Bonchev–Trinajstić information content (AvgIpc) is 3.29. The van der Waals surface area contributed by atoms with Crippen LogP contribution in [-0.2, 0) is 4.74 Å². The van der Waals surface area contributed by atoms with Crippen molar-refractivity contribution in [3.63, 3.8) is 0 Å². The molecule has 156 valence electrons. The maximum atomic E-state index is 12.2. The zero-order chi connectivity index (χ0) is 21.0. The number of imidazole rings is 1. The van der Waals surface area contributed by atoms with Gasteiger partial charge >= 0.3 is 6.03 Å². The molecule has 3 aromatic heterocycles. The summed E-state index contributed by atoms with van der Waals surface area (Å²) in [4.78, 5) is 20.6. The standard InChI is InChI=1S/C22H21N7O2/c30-22(27-17-2-1-7-23-13-17)26-16-5-3-15(4-6-16)19-12-18(20-14-24-9-11-31-20)21-25-8-10-29(21)28-19/h1-8,10,12-13,20,24H,9,11,14H2,(H2,26,27,30). The summed E-state index contributed by atoms with van der Waals surface area (Å²) < 4.78 is 7.72. The number of nitrogens with zero attached hydrogens (tertiary/aromatic N) is 4. The molecule has 0 spiro atoms. The molecule has 1 aliphatic heterocycles. The number of fused-ring (bicyclic) bond motifs is 1. The minimum Gasteiger partial charge on any atom is -0.371 e. The molecule has 1 saturated heterocycles. The van der Waals surface area contributed by atoms with Crippen molar-refractivity contribution in [2.45, 2.75) is 6.10 Å². The number of ether oxygens (including phenoxy) is 1. The number of urea groups is 1. The first kappa shape index (κ1) is 19.2. The van der Waals surface area contributed by atoms with E-state index in [-0.39, 0.29) is 12.1 Å². The molecular weight excluding hydrogens is 394 g/mol. The number of benzene rings is 1. The van der Waals surface area contributed by atoms with Crippen molar-refractivity contribution in [1.29, 1.82) is 0 Å². The van der Waals surface area contributed by atoms with Crippen LogP contribution in [-0.4, -0.2) is 45.3 Å². The first-order valence-corrected chi connectivity index (χ1v) is 10.0. The van der Waals surface area contributed by atoms with Crippen molar-refractivity contribution in [2.75, 3.05) is 30.3 Å². The van der Waals surface area contributed by atoms with E-state index in [9.17, 15) is 4.79 Å². The summed E-state index contributed by atoms with van der Waals surface area (Å²) in [5, 5.41) is 13.6. The molecule has 0 radical (unpaired) electrons. The van der Waals surface area contributed by atoms with Crippen LogP contribution in [0.3, 0.4) is 0 Å². The highest BCUT2D eigenvalue weighted by atomic mass is 16.5. The number of aromatic nitrogens is 4. The van der Waals surface area contributed by atoms with Crippen molar-refractivity contribution >= 4 is 23.1 Å². The van der Waals surface area contributed by atoms with Crippen LogP contribution in [0, 0.1) is 0 Å². The summed E-state index contributed by atoms with van der Waals surface area (Å²) in [7, 11) is 0. The van der Waals surface area contributed by atoms with Gasteiger partial charge < -0.3 is 20.7 Å². The lowest BCUT2D eigenvalue weighted by Crippen LogP contribution is -2.33. The highest BCUT2D eigenvalue weighted by Crippen LogP contribution is 2.27. The fourth-order valence-corrected chi connectivity index (χ4v) is 3.54. The fourth-order valence-electron chi connectivity index (χ4n) is 3.54. The van der Waals surface area contributed by atoms with E-state index in [0.717, 1.165) is 35.6 Å². The van der Waals surface area contributed by atoms with Crippen LogP contribution in [0.2, 0.25) is 0 Å². The molecule has 0 bridgehead atoms. The first-order chi connectivity index (χ1) is 15.3. The van der Waals surface area contributed by atoms with Gasteiger partial charge in [-0.1, -0.05) is 12.1 Å². The molecule has 3 N–H and O–H groups in total. The summed E-state index contributed by atoms with van der Waals surface area (Å²) in [6.07, 6.45) is 6.73. The number of hydrogen-bond donors (Lipinski definition) is 3. The van der Waals surface area contributed by atoms with E-state index in [4.69, 9.17) is 4.74 Å². The molecule has 9 nitrogen and oxygen atoms in total. The van der Waals surface area contributed by atoms with E-state index in [1.807, 2.05) is 36.5 Å². The van der Waals surface area contributed by atoms with Crippen molar-refractivity contribution in [2.24, 2.45) is 0 Å². The fraction of sp³-hybridized carbons (Fsp3) is 0.182. The van der Waals surface area contributed by atoms with E-state index in [1.165, 1.54) is 0 Å². The molecule has 9 heteroatoms. The summed E-state index contributed by atoms with van der Waals surface area (Å²) >= 11 is 0. The van der Waals surface area contributed by atoms with Crippen LogP contribution in [0.25, 0.3) is 16.9 Å². The number of nitrogens with one attached hydrogen (secondary N) is 3. The van der Waals surface area contributed by atoms with Gasteiger partial charge in [-0.2, -0.15) is 5.10 Å². The van der Waals surface area contributed by atoms with Gasteiger partial charge in [0.1, 0.15) is 0 Å². The van der Waals surface area contributed by atoms with Crippen molar-refractivity contribution in [3.05, 3.63) is 72.8 Å². The Kier molecular flexibility index (Phi) is 5.26. The van der Waals surface area contributed by atoms with Crippen LogP contribution in [0.5, 0.6) is 0 Å². The zero-order valence-electron chi connectivity index (χ0n) is 16.7. The van der Waals surface area contributed by atoms with E-state index < -0.39 is 0 Å². The number of carbonyl (C=O) groups excluding carboxylic acids is 1. The van der Waals surface area contributed by atoms with Gasteiger partial charge in [-0.3, -0.25) is 4.98 Å². The summed E-state index contributed by atoms with van der Waals surface area (Å²) in [6, 6.07) is 12.8. The van der Waals surface area contributed by atoms with Crippen molar-refractivity contribution < 1.29 is 9.53 Å². The van der Waals surface area contributed by atoms with Gasteiger partial charge in [-0.15, -0.1) is 0 Å². The van der Waals surface area contributed by atoms with Gasteiger partial charge in [0, 0.05) is 48.5 Å². The van der Waals surface area contributed by atoms with Crippen LogP contribution in [0.15, 0.2) is 67.3 Å². The Morgan fingerprint density at radius 1 is 1.13 bits per heavy atom. The van der Waals surface area contributed by atoms with Gasteiger partial charge in [0.05, 0.1) is 30.3 Å². The van der Waals surface area contributed by atoms with Crippen molar-refractivity contribution in [3.8, 4) is 11.3 Å². The number of hydrogen-bond acceptors (Lipinski definition) is 6. The van der Waals surface area contributed by atoms with E-state index in [1.54, 1.807) is 35.2 Å². The van der Waals surface area contributed by atoms with Gasteiger partial charge in [0.15, 0.2) is 5.65 Å². The maximum Gasteiger partial charge on any atom is 0.323 e. The van der Waals surface area contributed by atoms with Gasteiger partial charge in [-0.05, 0) is 30.3 Å². The highest BCUT2D eigenvalue weighted by molar-refractivity contribution is 5.99. The number of morpholine rings is 1. The highest BCUT2D eigenvalue weighted by Gasteiger charge is 2.21. The molecule has 4 aromatic rings. The van der Waals surface area contributed by atoms with Crippen LogP contribution >= 0.6 is 0 Å². The lowest BCUT2D eigenvalue weighted by atomic mass is 10.1. The molecule has 1 aliphatic rings. The van der Waals surface area contributed by atoms with Gasteiger partial charge in [-0.25, -0.2) is 14.3 Å². The molecule has 0 saturated carbocycles. The lowest BCUT2D eigenvalue weighted by Gasteiger charge is -2.24. The van der Waals surface area contributed by atoms with E-state index in [2.05, 4.69) is 31.0 Å². The first-order valence-electron chi connectivity index (χ1n) is 10.0. The predicted octanol–water partition coefficient (Wildman–Crippen LogP) is 3.10. The summed E-state index contributed by atoms with van der Waals surface area (Å²) in [5.74, 6) is 0. The number of pyridine rings is 1. The van der Waals surface area contributed by atoms with E-state index in [0.29, 0.717) is 18.0 Å². The number of rotatable bonds is 4. The average molecular weight is 415 g/mol. The minimum atomic E-state index is -0.331. The number of carbonyl (C=O) groups is 1. The smallest absolute Gasteiger partial charge is 0.323 e. The third-order valence-electron chi connectivity index (χ3n) is 5.02. The van der Waals surface area contributed by atoms with Crippen LogP contribution < -0.4 is 16.0 Å². The monoisotopic (exact) mass is 415 g/mol. The number of anilines is 2. The van der Waals surface area contributed by atoms with E-state index >= 15 is 0 Å². The quantitative estimate of drug-likeness (QED) is 0.473. The number of amides is 2. The molecular formula is C22H21N7O2. The molecule has 1 fully saturated rings. The molecule has 5 rings (SSSR count). The summed E-state index contributed by atoms with van der Waals surface area (Å²) in [6.45, 7) is 2.25. The van der Waals surface area contributed by atoms with Gasteiger partial charge in [0.2, 0.25) is 0 Å². The SMILES string of the molecule is O=C(Nc1ccc(-c2cc(C3CNCCO3)c3nccn3n2)cc1)Nc1cccnc1. The molecule has 4 heterocycles. The normalized spacial score (nSPS) is 16.2. The van der Waals surface area contributed by atoms with Crippen LogP contribution in [0.1, 0.15) is 11.7 Å². The minimum absolute atomic E-state index is 0.0717. The third-order valence-corrected chi connectivity index (χ3v) is 5.02. The molecule has 1 aromatic carbocycles. The van der Waals surface area contributed by atoms with Crippen molar-refractivity contribution in [1.82, 2.24) is 24.9 Å². The Balaban J connectivity index is 1.36. The zero-order valence-corrected chi connectivity index (χ0v) is 16.7.